The summed E-state index contributed by atoms with van der Waals surface area (Å²) < 4.78 is 2.09. The predicted octanol–water partition coefficient (Wildman–Crippen LogP) is 2.30. The Kier molecular flexibility index (Phi) is 3.51. The topological polar surface area (TPSA) is 47.1 Å². The number of hydrogen-bond donors (Lipinski definition) is 1. The largest absolute Gasteiger partial charge is 0.399 e. The quantitative estimate of drug-likeness (QED) is 0.857. The standard InChI is InChI=1S/C15H20N4/c16-14-5-1-4-13(10-14)11-18-8-2-6-15(12-18)19-9-3-7-17-19/h1,3-5,7,9-10,15H,2,6,8,11-12,16H2. The highest BCUT2D eigenvalue weighted by molar-refractivity contribution is 5.40. The number of piperidine rings is 1. The van der Waals surface area contributed by atoms with Crippen LogP contribution in [-0.2, 0) is 6.54 Å². The monoisotopic (exact) mass is 256 g/mol. The molecule has 3 rings (SSSR count). The zero-order valence-electron chi connectivity index (χ0n) is 11.1. The van der Waals surface area contributed by atoms with Crippen LogP contribution in [0.25, 0.3) is 0 Å². The summed E-state index contributed by atoms with van der Waals surface area (Å²) in [5, 5.41) is 4.37. The molecule has 4 heteroatoms. The van der Waals surface area contributed by atoms with Crippen molar-refractivity contribution in [2.45, 2.75) is 25.4 Å². The van der Waals surface area contributed by atoms with Gasteiger partial charge < -0.3 is 5.73 Å². The Morgan fingerprint density at radius 3 is 3.05 bits per heavy atom. The fourth-order valence-corrected chi connectivity index (χ4v) is 2.84. The van der Waals surface area contributed by atoms with E-state index < -0.39 is 0 Å². The highest BCUT2D eigenvalue weighted by atomic mass is 15.3. The van der Waals surface area contributed by atoms with Crippen LogP contribution in [0.1, 0.15) is 24.4 Å². The molecule has 0 spiro atoms. The maximum atomic E-state index is 5.84. The molecular weight excluding hydrogens is 236 g/mol. The molecule has 2 heterocycles. The predicted molar refractivity (Wildman–Crippen MR) is 76.6 cm³/mol. The third kappa shape index (κ3) is 2.96. The zero-order valence-corrected chi connectivity index (χ0v) is 11.1. The SMILES string of the molecule is Nc1cccc(CN2CCCC(n3cccn3)C2)c1. The normalized spacial score (nSPS) is 20.5. The summed E-state index contributed by atoms with van der Waals surface area (Å²) in [5.41, 5.74) is 7.97. The number of likely N-dealkylation sites (tertiary alicyclic amines) is 1. The number of hydrogen-bond acceptors (Lipinski definition) is 3. The van der Waals surface area contributed by atoms with Crippen LogP contribution in [0.5, 0.6) is 0 Å². The van der Waals surface area contributed by atoms with Gasteiger partial charge in [-0.2, -0.15) is 5.10 Å². The Hall–Kier alpha value is -1.81. The van der Waals surface area contributed by atoms with Crippen LogP contribution in [0.15, 0.2) is 42.7 Å². The Morgan fingerprint density at radius 2 is 2.26 bits per heavy atom. The number of benzene rings is 1. The summed E-state index contributed by atoms with van der Waals surface area (Å²) in [5.74, 6) is 0. The molecule has 1 aromatic heterocycles. The first-order valence-corrected chi connectivity index (χ1v) is 6.87. The van der Waals surface area contributed by atoms with Crippen molar-refractivity contribution in [2.24, 2.45) is 0 Å². The van der Waals surface area contributed by atoms with Crippen LogP contribution in [0.4, 0.5) is 5.69 Å². The van der Waals surface area contributed by atoms with Crippen LogP contribution < -0.4 is 5.73 Å². The first kappa shape index (κ1) is 12.2. The van der Waals surface area contributed by atoms with Gasteiger partial charge in [0.25, 0.3) is 0 Å². The van der Waals surface area contributed by atoms with E-state index >= 15 is 0 Å². The molecule has 0 amide bonds. The molecular formula is C15H20N4. The van der Waals surface area contributed by atoms with Crippen molar-refractivity contribution < 1.29 is 0 Å². The Balaban J connectivity index is 1.65. The molecule has 1 aromatic carbocycles. The van der Waals surface area contributed by atoms with Gasteiger partial charge in [-0.05, 0) is 43.1 Å². The van der Waals surface area contributed by atoms with Gasteiger partial charge in [0.2, 0.25) is 0 Å². The molecule has 0 aliphatic carbocycles. The van der Waals surface area contributed by atoms with Crippen molar-refractivity contribution in [3.63, 3.8) is 0 Å². The lowest BCUT2D eigenvalue weighted by molar-refractivity contribution is 0.163. The molecule has 1 aliphatic rings. The number of anilines is 1. The number of aromatic nitrogens is 2. The zero-order chi connectivity index (χ0) is 13.1. The summed E-state index contributed by atoms with van der Waals surface area (Å²) in [6.45, 7) is 3.20. The molecule has 4 nitrogen and oxygen atoms in total. The van der Waals surface area contributed by atoms with Crippen LogP contribution >= 0.6 is 0 Å². The van der Waals surface area contributed by atoms with E-state index in [9.17, 15) is 0 Å². The summed E-state index contributed by atoms with van der Waals surface area (Å²) >= 11 is 0. The summed E-state index contributed by atoms with van der Waals surface area (Å²) in [4.78, 5) is 2.49. The van der Waals surface area contributed by atoms with Crippen LogP contribution in [0, 0.1) is 0 Å². The fourth-order valence-electron chi connectivity index (χ4n) is 2.84. The van der Waals surface area contributed by atoms with Gasteiger partial charge in [-0.1, -0.05) is 12.1 Å². The molecule has 1 saturated heterocycles. The van der Waals surface area contributed by atoms with Gasteiger partial charge in [0, 0.05) is 31.2 Å². The smallest absolute Gasteiger partial charge is 0.0646 e. The summed E-state index contributed by atoms with van der Waals surface area (Å²) in [6, 6.07) is 10.7. The molecule has 0 radical (unpaired) electrons. The third-order valence-electron chi connectivity index (χ3n) is 3.74. The lowest BCUT2D eigenvalue weighted by Gasteiger charge is -2.32. The van der Waals surface area contributed by atoms with Gasteiger partial charge in [-0.3, -0.25) is 9.58 Å². The van der Waals surface area contributed by atoms with Gasteiger partial charge in [0.15, 0.2) is 0 Å². The lowest BCUT2D eigenvalue weighted by Crippen LogP contribution is -2.36. The van der Waals surface area contributed by atoms with Gasteiger partial charge in [-0.25, -0.2) is 0 Å². The molecule has 100 valence electrons. The highest BCUT2D eigenvalue weighted by Crippen LogP contribution is 2.22. The van der Waals surface area contributed by atoms with E-state index in [1.165, 1.54) is 18.4 Å². The third-order valence-corrected chi connectivity index (χ3v) is 3.74. The van der Waals surface area contributed by atoms with Crippen molar-refractivity contribution in [1.29, 1.82) is 0 Å². The van der Waals surface area contributed by atoms with Gasteiger partial charge in [0.1, 0.15) is 0 Å². The van der Waals surface area contributed by atoms with Crippen LogP contribution in [0.3, 0.4) is 0 Å². The second-order valence-electron chi connectivity index (χ2n) is 5.26. The minimum atomic E-state index is 0.504. The average Bonchev–Trinajstić information content (AvgIpc) is 2.93. The molecule has 1 unspecified atom stereocenters. The Labute approximate surface area is 113 Å². The molecule has 0 bridgehead atoms. The molecule has 2 aromatic rings. The van der Waals surface area contributed by atoms with E-state index in [1.807, 2.05) is 24.4 Å². The minimum Gasteiger partial charge on any atom is -0.399 e. The molecule has 1 atom stereocenters. The molecule has 2 N–H and O–H groups in total. The number of nitrogens with zero attached hydrogens (tertiary/aromatic N) is 3. The Morgan fingerprint density at radius 1 is 1.32 bits per heavy atom. The van der Waals surface area contributed by atoms with Gasteiger partial charge >= 0.3 is 0 Å². The van der Waals surface area contributed by atoms with Crippen LogP contribution in [-0.4, -0.2) is 27.8 Å². The number of nitrogen functional groups attached to an aromatic ring is 1. The number of nitrogens with two attached hydrogens (primary N) is 1. The van der Waals surface area contributed by atoms with E-state index in [4.69, 9.17) is 5.73 Å². The minimum absolute atomic E-state index is 0.504. The molecule has 1 aliphatic heterocycles. The summed E-state index contributed by atoms with van der Waals surface area (Å²) in [7, 11) is 0. The van der Waals surface area contributed by atoms with E-state index in [2.05, 4.69) is 33.0 Å². The molecule has 19 heavy (non-hydrogen) atoms. The van der Waals surface area contributed by atoms with Crippen LogP contribution in [0.2, 0.25) is 0 Å². The average molecular weight is 256 g/mol. The van der Waals surface area contributed by atoms with E-state index in [-0.39, 0.29) is 0 Å². The van der Waals surface area contributed by atoms with Crippen molar-refractivity contribution in [3.8, 4) is 0 Å². The van der Waals surface area contributed by atoms with E-state index in [1.54, 1.807) is 0 Å². The first-order chi connectivity index (χ1) is 9.31. The Bertz CT molecular complexity index is 521. The van der Waals surface area contributed by atoms with Crippen molar-refractivity contribution >= 4 is 5.69 Å². The van der Waals surface area contributed by atoms with Gasteiger partial charge in [0.05, 0.1) is 6.04 Å². The second-order valence-corrected chi connectivity index (χ2v) is 5.26. The van der Waals surface area contributed by atoms with Crippen molar-refractivity contribution in [3.05, 3.63) is 48.3 Å². The van der Waals surface area contributed by atoms with E-state index in [0.717, 1.165) is 25.3 Å². The summed E-state index contributed by atoms with van der Waals surface area (Å²) in [6.07, 6.45) is 6.37. The molecule has 1 fully saturated rings. The first-order valence-electron chi connectivity index (χ1n) is 6.87. The maximum Gasteiger partial charge on any atom is 0.0646 e. The van der Waals surface area contributed by atoms with Gasteiger partial charge in [-0.15, -0.1) is 0 Å². The maximum absolute atomic E-state index is 5.84. The highest BCUT2D eigenvalue weighted by Gasteiger charge is 2.21. The van der Waals surface area contributed by atoms with Crippen molar-refractivity contribution in [1.82, 2.24) is 14.7 Å². The number of rotatable bonds is 3. The second kappa shape index (κ2) is 5.45. The molecule has 0 saturated carbocycles. The lowest BCUT2D eigenvalue weighted by atomic mass is 10.0. The fraction of sp³-hybridized carbons (Fsp3) is 0.400. The van der Waals surface area contributed by atoms with Crippen molar-refractivity contribution in [2.75, 3.05) is 18.8 Å². The van der Waals surface area contributed by atoms with E-state index in [0.29, 0.717) is 6.04 Å².